The quantitative estimate of drug-likeness (QED) is 0.782. The van der Waals surface area contributed by atoms with Crippen LogP contribution in [0.1, 0.15) is 31.2 Å². The van der Waals surface area contributed by atoms with E-state index in [2.05, 4.69) is 0 Å². The summed E-state index contributed by atoms with van der Waals surface area (Å²) in [6, 6.07) is 6.44. The Labute approximate surface area is 157 Å². The van der Waals surface area contributed by atoms with E-state index in [1.54, 1.807) is 24.3 Å². The van der Waals surface area contributed by atoms with Crippen molar-refractivity contribution in [2.45, 2.75) is 42.7 Å². The summed E-state index contributed by atoms with van der Waals surface area (Å²) in [6.45, 7) is 0.754. The molecule has 1 atom stereocenters. The first-order valence-corrected chi connectivity index (χ1v) is 10.5. The minimum atomic E-state index is -3.46. The highest BCUT2D eigenvalue weighted by Gasteiger charge is 2.46. The van der Waals surface area contributed by atoms with E-state index in [9.17, 15) is 22.4 Å². The molecule has 0 aromatic heterocycles. The zero-order chi connectivity index (χ0) is 19.7. The molecule has 3 rings (SSSR count). The molecule has 2 aliphatic rings. The summed E-state index contributed by atoms with van der Waals surface area (Å²) >= 11 is 0. The van der Waals surface area contributed by atoms with Crippen LogP contribution < -0.4 is 0 Å². The van der Waals surface area contributed by atoms with Crippen molar-refractivity contribution in [1.29, 1.82) is 0 Å². The van der Waals surface area contributed by atoms with Gasteiger partial charge in [-0.05, 0) is 37.0 Å². The molecule has 7 nitrogen and oxygen atoms in total. The van der Waals surface area contributed by atoms with Crippen LogP contribution in [0.25, 0.3) is 0 Å². The summed E-state index contributed by atoms with van der Waals surface area (Å²) in [5, 5.41) is 8.88. The number of aliphatic carboxylic acids is 1. The number of sulfonamides is 1. The van der Waals surface area contributed by atoms with Crippen molar-refractivity contribution in [3.8, 4) is 0 Å². The maximum absolute atomic E-state index is 14.0. The van der Waals surface area contributed by atoms with Crippen LogP contribution in [-0.4, -0.2) is 66.5 Å². The normalized spacial score (nSPS) is 23.7. The second-order valence-electron chi connectivity index (χ2n) is 7.09. The molecule has 1 aromatic rings. The van der Waals surface area contributed by atoms with Gasteiger partial charge >= 0.3 is 5.97 Å². The number of hydrogen-bond acceptors (Lipinski definition) is 4. The van der Waals surface area contributed by atoms with Crippen LogP contribution in [0.15, 0.2) is 29.2 Å². The van der Waals surface area contributed by atoms with Crippen molar-refractivity contribution < 1.29 is 27.5 Å². The highest BCUT2D eigenvalue weighted by molar-refractivity contribution is 7.89. The number of likely N-dealkylation sites (tertiary alicyclic amines) is 1. The van der Waals surface area contributed by atoms with E-state index in [1.807, 2.05) is 0 Å². The number of carbonyl (C=O) groups excluding carboxylic acids is 1. The lowest BCUT2D eigenvalue weighted by Crippen LogP contribution is -2.38. The lowest BCUT2D eigenvalue weighted by atomic mass is 10.1. The van der Waals surface area contributed by atoms with E-state index >= 15 is 0 Å². The van der Waals surface area contributed by atoms with Crippen LogP contribution in [-0.2, 0) is 26.0 Å². The number of alkyl halides is 1. The lowest BCUT2D eigenvalue weighted by Gasteiger charge is -2.18. The molecule has 9 heteroatoms. The van der Waals surface area contributed by atoms with Crippen LogP contribution >= 0.6 is 0 Å². The lowest BCUT2D eigenvalue weighted by molar-refractivity contribution is -0.150. The van der Waals surface area contributed by atoms with E-state index in [1.165, 1.54) is 9.21 Å². The summed E-state index contributed by atoms with van der Waals surface area (Å²) in [5.74, 6) is -1.84. The molecule has 2 fully saturated rings. The number of halogens is 1. The number of benzene rings is 1. The Bertz CT molecular complexity index is 821. The second-order valence-corrected chi connectivity index (χ2v) is 9.03. The number of hydrogen-bond donors (Lipinski definition) is 1. The zero-order valence-corrected chi connectivity index (χ0v) is 15.8. The molecule has 2 heterocycles. The minimum Gasteiger partial charge on any atom is -0.479 e. The second kappa shape index (κ2) is 7.55. The third kappa shape index (κ3) is 4.14. The number of carbonyl (C=O) groups is 2. The molecule has 1 aromatic carbocycles. The van der Waals surface area contributed by atoms with E-state index in [4.69, 9.17) is 5.11 Å². The number of aryl methyl sites for hydroxylation is 1. The molecule has 0 spiro atoms. The van der Waals surface area contributed by atoms with Gasteiger partial charge in [-0.25, -0.2) is 17.6 Å². The number of carboxylic acid groups (broad SMARTS) is 1. The van der Waals surface area contributed by atoms with Crippen molar-refractivity contribution in [2.24, 2.45) is 0 Å². The van der Waals surface area contributed by atoms with Crippen molar-refractivity contribution in [2.75, 3.05) is 26.2 Å². The smallest absolute Gasteiger partial charge is 0.343 e. The van der Waals surface area contributed by atoms with Crippen LogP contribution in [0.3, 0.4) is 0 Å². The molecular weight excluding hydrogens is 375 g/mol. The Morgan fingerprint density at radius 3 is 2.30 bits per heavy atom. The zero-order valence-electron chi connectivity index (χ0n) is 14.9. The standard InChI is InChI=1S/C18H23FN2O5S/c19-18(17(23)24)9-12-20(13-18)16(22)8-5-14-3-6-15(7-4-14)27(25,26)21-10-1-2-11-21/h3-4,6-7H,1-2,5,8-13H2,(H,23,24). The van der Waals surface area contributed by atoms with Gasteiger partial charge in [-0.3, -0.25) is 4.79 Å². The summed E-state index contributed by atoms with van der Waals surface area (Å²) in [4.78, 5) is 24.6. The minimum absolute atomic E-state index is 0.0919. The molecule has 0 saturated carbocycles. The first-order valence-electron chi connectivity index (χ1n) is 9.01. The Morgan fingerprint density at radius 2 is 1.74 bits per heavy atom. The summed E-state index contributed by atoms with van der Waals surface area (Å²) in [7, 11) is -3.46. The van der Waals surface area contributed by atoms with Gasteiger partial charge in [0.15, 0.2) is 0 Å². The third-order valence-electron chi connectivity index (χ3n) is 5.21. The molecule has 27 heavy (non-hydrogen) atoms. The highest BCUT2D eigenvalue weighted by Crippen LogP contribution is 2.27. The SMILES string of the molecule is O=C(CCc1ccc(S(=O)(=O)N2CCCC2)cc1)N1CCC(F)(C(=O)O)C1. The number of amides is 1. The number of rotatable bonds is 6. The van der Waals surface area contributed by atoms with Gasteiger partial charge in [0.25, 0.3) is 0 Å². The van der Waals surface area contributed by atoms with E-state index in [-0.39, 0.29) is 30.2 Å². The molecule has 148 valence electrons. The Hall–Kier alpha value is -2.00. The summed E-state index contributed by atoms with van der Waals surface area (Å²) < 4.78 is 40.5. The molecule has 0 radical (unpaired) electrons. The van der Waals surface area contributed by atoms with Gasteiger partial charge in [0.05, 0.1) is 11.4 Å². The first kappa shape index (κ1) is 19.8. The van der Waals surface area contributed by atoms with Crippen LogP contribution in [0.2, 0.25) is 0 Å². The van der Waals surface area contributed by atoms with E-state index < -0.39 is 28.2 Å². The molecular formula is C18H23FN2O5S. The predicted octanol–water partition coefficient (Wildman–Crippen LogP) is 1.43. The average molecular weight is 398 g/mol. The monoisotopic (exact) mass is 398 g/mol. The van der Waals surface area contributed by atoms with Crippen LogP contribution in [0, 0.1) is 0 Å². The molecule has 2 aliphatic heterocycles. The number of carboxylic acids is 1. The largest absolute Gasteiger partial charge is 0.479 e. The fraction of sp³-hybridized carbons (Fsp3) is 0.556. The maximum atomic E-state index is 14.0. The molecule has 1 unspecified atom stereocenters. The van der Waals surface area contributed by atoms with Gasteiger partial charge in [0.2, 0.25) is 21.6 Å². The van der Waals surface area contributed by atoms with Gasteiger partial charge in [0, 0.05) is 32.5 Å². The van der Waals surface area contributed by atoms with Gasteiger partial charge in [-0.15, -0.1) is 0 Å². The van der Waals surface area contributed by atoms with Gasteiger partial charge in [-0.1, -0.05) is 12.1 Å². The summed E-state index contributed by atoms with van der Waals surface area (Å²) in [5.41, 5.74) is -1.56. The average Bonchev–Trinajstić information content (AvgIpc) is 3.31. The fourth-order valence-corrected chi connectivity index (χ4v) is 4.99. The maximum Gasteiger partial charge on any atom is 0.343 e. The van der Waals surface area contributed by atoms with Crippen molar-refractivity contribution >= 4 is 21.9 Å². The molecule has 1 amide bonds. The number of nitrogens with zero attached hydrogens (tertiary/aromatic N) is 2. The van der Waals surface area contributed by atoms with E-state index in [0.29, 0.717) is 19.5 Å². The Kier molecular flexibility index (Phi) is 5.53. The van der Waals surface area contributed by atoms with Crippen molar-refractivity contribution in [3.63, 3.8) is 0 Å². The molecule has 2 saturated heterocycles. The first-order chi connectivity index (χ1) is 12.7. The predicted molar refractivity (Wildman–Crippen MR) is 95.4 cm³/mol. The Balaban J connectivity index is 1.56. The third-order valence-corrected chi connectivity index (χ3v) is 7.12. The van der Waals surface area contributed by atoms with Gasteiger partial charge in [-0.2, -0.15) is 4.31 Å². The fourth-order valence-electron chi connectivity index (χ4n) is 3.48. The van der Waals surface area contributed by atoms with Crippen molar-refractivity contribution in [1.82, 2.24) is 9.21 Å². The topological polar surface area (TPSA) is 95.0 Å². The molecule has 0 bridgehead atoms. The van der Waals surface area contributed by atoms with Crippen LogP contribution in [0.4, 0.5) is 4.39 Å². The van der Waals surface area contributed by atoms with Gasteiger partial charge in [0.1, 0.15) is 0 Å². The van der Waals surface area contributed by atoms with Crippen LogP contribution in [0.5, 0.6) is 0 Å². The Morgan fingerprint density at radius 1 is 1.11 bits per heavy atom. The highest BCUT2D eigenvalue weighted by atomic mass is 32.2. The molecule has 1 N–H and O–H groups in total. The molecule has 0 aliphatic carbocycles. The van der Waals surface area contributed by atoms with Gasteiger partial charge < -0.3 is 10.0 Å². The van der Waals surface area contributed by atoms with Crippen molar-refractivity contribution in [3.05, 3.63) is 29.8 Å². The van der Waals surface area contributed by atoms with E-state index in [0.717, 1.165) is 18.4 Å². The summed E-state index contributed by atoms with van der Waals surface area (Å²) in [6.07, 6.45) is 2.05.